The van der Waals surface area contributed by atoms with E-state index < -0.39 is 19.6 Å². The normalized spacial score (nSPS) is 13.3. The van der Waals surface area contributed by atoms with Crippen LogP contribution in [0.25, 0.3) is 11.8 Å². The van der Waals surface area contributed by atoms with Gasteiger partial charge < -0.3 is 15.4 Å². The second-order valence-corrected chi connectivity index (χ2v) is 5.31. The molecule has 0 spiro atoms. The van der Waals surface area contributed by atoms with Gasteiger partial charge in [0, 0.05) is 28.9 Å². The first kappa shape index (κ1) is 17.7. The lowest BCUT2D eigenvalue weighted by atomic mass is 10.0. The summed E-state index contributed by atoms with van der Waals surface area (Å²) in [5.74, 6) is 0.0785. The third-order valence-corrected chi connectivity index (χ3v) is 3.54. The lowest BCUT2D eigenvalue weighted by Gasteiger charge is -2.16. The number of ether oxygens (including phenoxy) is 1. The predicted octanol–water partition coefficient (Wildman–Crippen LogP) is 1.81. The zero-order valence-corrected chi connectivity index (χ0v) is 13.3. The average molecular weight is 366 g/mol. The lowest BCUT2D eigenvalue weighted by Crippen LogP contribution is -2.39. The molecule has 1 aromatic heterocycles. The number of halogens is 4. The Hall–Kier alpha value is -3.10. The van der Waals surface area contributed by atoms with E-state index in [1.165, 1.54) is 18.3 Å². The Balaban J connectivity index is 2.05. The van der Waals surface area contributed by atoms with Gasteiger partial charge in [-0.2, -0.15) is 8.78 Å². The van der Waals surface area contributed by atoms with E-state index in [4.69, 9.17) is 0 Å². The molecule has 1 aliphatic rings. The van der Waals surface area contributed by atoms with Gasteiger partial charge in [0.1, 0.15) is 5.75 Å². The molecule has 2 N–H and O–H groups in total. The smallest absolute Gasteiger partial charge is 0.387 e. The van der Waals surface area contributed by atoms with Gasteiger partial charge in [0.15, 0.2) is 0 Å². The van der Waals surface area contributed by atoms with Gasteiger partial charge in [-0.1, -0.05) is 18.7 Å². The van der Waals surface area contributed by atoms with E-state index in [0.717, 1.165) is 0 Å². The fourth-order valence-corrected chi connectivity index (χ4v) is 2.44. The zero-order chi connectivity index (χ0) is 18.7. The van der Waals surface area contributed by atoms with Gasteiger partial charge in [-0.25, -0.2) is 18.7 Å². The summed E-state index contributed by atoms with van der Waals surface area (Å²) in [6.45, 7) is 0.431. The Labute approximate surface area is 145 Å². The van der Waals surface area contributed by atoms with Crippen molar-refractivity contribution in [3.63, 3.8) is 0 Å². The van der Waals surface area contributed by atoms with Crippen LogP contribution in [0.4, 0.5) is 23.5 Å². The molecule has 3 rings (SSSR count). The first-order valence-corrected chi connectivity index (χ1v) is 7.54. The molecule has 0 unspecified atom stereocenters. The van der Waals surface area contributed by atoms with Gasteiger partial charge in [-0.05, 0) is 17.7 Å². The van der Waals surface area contributed by atoms with Crippen molar-refractivity contribution in [1.82, 2.24) is 15.3 Å². The third-order valence-electron chi connectivity index (χ3n) is 3.54. The molecule has 1 aliphatic heterocycles. The fraction of sp³-hybridized carbons (Fsp3) is 0.176. The standard InChI is InChI=1S/C17H14F4N4O/c1-9-14(10-2-4-12(5-3-10)26-16(20)21)15-11(6-22-9)7-23-17(25-15)24-8-13(18)19/h2-7,13,16,22H,1,8H2,(H,24,25). The number of benzene rings is 1. The first-order chi connectivity index (χ1) is 12.4. The quantitative estimate of drug-likeness (QED) is 0.764. The first-order valence-electron chi connectivity index (χ1n) is 7.54. The predicted molar refractivity (Wildman–Crippen MR) is 88.1 cm³/mol. The molecule has 0 saturated heterocycles. The van der Waals surface area contributed by atoms with E-state index >= 15 is 0 Å². The molecule has 0 fully saturated rings. The molecular formula is C17H14F4N4O. The molecule has 0 aliphatic carbocycles. The molecule has 136 valence electrons. The molecule has 0 saturated carbocycles. The van der Waals surface area contributed by atoms with Gasteiger partial charge >= 0.3 is 6.61 Å². The van der Waals surface area contributed by atoms with E-state index in [-0.39, 0.29) is 11.7 Å². The molecule has 0 amide bonds. The maximum Gasteiger partial charge on any atom is 0.387 e. The van der Waals surface area contributed by atoms with Gasteiger partial charge in [-0.15, -0.1) is 0 Å². The Morgan fingerprint density at radius 1 is 1.15 bits per heavy atom. The third kappa shape index (κ3) is 3.93. The number of hydrogen-bond acceptors (Lipinski definition) is 5. The maximum atomic E-state index is 12.4. The Bertz CT molecular complexity index is 929. The molecule has 1 aromatic carbocycles. The van der Waals surface area contributed by atoms with Crippen molar-refractivity contribution in [1.29, 1.82) is 0 Å². The number of aromatic nitrogens is 2. The number of nitrogens with zero attached hydrogens (tertiary/aromatic N) is 2. The Morgan fingerprint density at radius 3 is 2.54 bits per heavy atom. The second kappa shape index (κ2) is 7.42. The molecule has 0 radical (unpaired) electrons. The Morgan fingerprint density at radius 2 is 1.88 bits per heavy atom. The highest BCUT2D eigenvalue weighted by atomic mass is 19.3. The largest absolute Gasteiger partial charge is 0.435 e. The minimum absolute atomic E-state index is 0.0208. The number of fused-ring (bicyclic) bond motifs is 1. The lowest BCUT2D eigenvalue weighted by molar-refractivity contribution is -0.0498. The van der Waals surface area contributed by atoms with Gasteiger partial charge in [-0.3, -0.25) is 0 Å². The van der Waals surface area contributed by atoms with Crippen LogP contribution in [-0.2, 0) is 0 Å². The van der Waals surface area contributed by atoms with Crippen LogP contribution in [0.2, 0.25) is 0 Å². The molecule has 0 bridgehead atoms. The molecular weight excluding hydrogens is 352 g/mol. The molecule has 9 heteroatoms. The molecule has 0 atom stereocenters. The van der Waals surface area contributed by atoms with Crippen LogP contribution >= 0.6 is 0 Å². The summed E-state index contributed by atoms with van der Waals surface area (Å²) < 4.78 is 53.6. The van der Waals surface area contributed by atoms with Crippen molar-refractivity contribution in [3.05, 3.63) is 58.9 Å². The number of rotatable bonds is 6. The second-order valence-electron chi connectivity index (χ2n) is 5.31. The summed E-state index contributed by atoms with van der Waals surface area (Å²) in [6, 6.07) is 5.97. The van der Waals surface area contributed by atoms with Crippen molar-refractivity contribution < 1.29 is 22.3 Å². The minimum atomic E-state index is -2.91. The fourth-order valence-electron chi connectivity index (χ4n) is 2.44. The minimum Gasteiger partial charge on any atom is -0.435 e. The number of anilines is 1. The van der Waals surface area contributed by atoms with Crippen LogP contribution in [0.1, 0.15) is 5.56 Å². The summed E-state index contributed by atoms with van der Waals surface area (Å²) in [5.41, 5.74) is 1.78. The van der Waals surface area contributed by atoms with Gasteiger partial charge in [0.25, 0.3) is 6.43 Å². The maximum absolute atomic E-state index is 12.4. The summed E-state index contributed by atoms with van der Waals surface area (Å²) in [4.78, 5) is 8.28. The van der Waals surface area contributed by atoms with E-state index in [1.54, 1.807) is 18.3 Å². The molecule has 5 nitrogen and oxygen atoms in total. The van der Waals surface area contributed by atoms with Crippen molar-refractivity contribution in [2.45, 2.75) is 13.0 Å². The van der Waals surface area contributed by atoms with E-state index in [9.17, 15) is 17.6 Å². The number of hydrogen-bond donors (Lipinski definition) is 2. The van der Waals surface area contributed by atoms with Crippen molar-refractivity contribution in [2.75, 3.05) is 11.9 Å². The highest BCUT2D eigenvalue weighted by Crippen LogP contribution is 2.22. The number of nitrogens with one attached hydrogen (secondary N) is 2. The number of allylic oxidation sites excluding steroid dienone is 1. The monoisotopic (exact) mass is 366 g/mol. The van der Waals surface area contributed by atoms with Crippen LogP contribution in [0.5, 0.6) is 5.75 Å². The summed E-state index contributed by atoms with van der Waals surface area (Å²) >= 11 is 0. The van der Waals surface area contributed by atoms with Gasteiger partial charge in [0.05, 0.1) is 11.9 Å². The van der Waals surface area contributed by atoms with Gasteiger partial charge in [0.2, 0.25) is 5.95 Å². The molecule has 26 heavy (non-hydrogen) atoms. The van der Waals surface area contributed by atoms with Crippen LogP contribution in [0.15, 0.2) is 42.7 Å². The average Bonchev–Trinajstić information content (AvgIpc) is 2.60. The van der Waals surface area contributed by atoms with Crippen LogP contribution in [0.3, 0.4) is 0 Å². The van der Waals surface area contributed by atoms with Crippen LogP contribution < -0.4 is 25.9 Å². The topological polar surface area (TPSA) is 59.1 Å². The number of alkyl halides is 4. The molecule has 2 aromatic rings. The van der Waals surface area contributed by atoms with Crippen LogP contribution in [-0.4, -0.2) is 29.5 Å². The van der Waals surface area contributed by atoms with E-state index in [2.05, 4.69) is 31.9 Å². The van der Waals surface area contributed by atoms with E-state index in [1.807, 2.05) is 0 Å². The summed E-state index contributed by atoms with van der Waals surface area (Å²) in [6.07, 6.45) is 0.597. The molecule has 2 heterocycles. The highest BCUT2D eigenvalue weighted by molar-refractivity contribution is 5.79. The summed E-state index contributed by atoms with van der Waals surface area (Å²) in [7, 11) is 0. The SMILES string of the molecule is C=C1NC=c2cnc(NCC(F)F)nc2=C1c1ccc(OC(F)F)cc1. The van der Waals surface area contributed by atoms with Crippen molar-refractivity contribution >= 4 is 17.7 Å². The Kier molecular flexibility index (Phi) is 5.06. The highest BCUT2D eigenvalue weighted by Gasteiger charge is 2.14. The van der Waals surface area contributed by atoms with E-state index in [0.29, 0.717) is 27.4 Å². The van der Waals surface area contributed by atoms with Crippen molar-refractivity contribution in [2.24, 2.45) is 0 Å². The van der Waals surface area contributed by atoms with Crippen LogP contribution in [0, 0.1) is 0 Å². The van der Waals surface area contributed by atoms with Crippen molar-refractivity contribution in [3.8, 4) is 5.75 Å². The zero-order valence-electron chi connectivity index (χ0n) is 13.3. The summed E-state index contributed by atoms with van der Waals surface area (Å²) in [5, 5.41) is 6.56.